The number of carbonyl (C=O) groups is 1. The predicted octanol–water partition coefficient (Wildman–Crippen LogP) is 1.08. The molecule has 2 N–H and O–H groups in total. The zero-order valence-electron chi connectivity index (χ0n) is 10.0. The topological polar surface area (TPSA) is 80.0 Å². The Morgan fingerprint density at radius 3 is 2.83 bits per heavy atom. The van der Waals surface area contributed by atoms with Crippen molar-refractivity contribution < 1.29 is 9.21 Å². The van der Waals surface area contributed by atoms with Gasteiger partial charge in [0.15, 0.2) is 5.69 Å². The molecule has 0 saturated carbocycles. The lowest BCUT2D eigenvalue weighted by molar-refractivity contribution is 0.0948. The van der Waals surface area contributed by atoms with Crippen LogP contribution in [0, 0.1) is 0 Å². The molecule has 2 heterocycles. The zero-order chi connectivity index (χ0) is 12.8. The van der Waals surface area contributed by atoms with Crippen molar-refractivity contribution in [2.45, 2.75) is 6.42 Å². The number of nitrogens with one attached hydrogen (secondary N) is 2. The molecule has 18 heavy (non-hydrogen) atoms. The van der Waals surface area contributed by atoms with E-state index in [9.17, 15) is 4.79 Å². The third-order valence-electron chi connectivity index (χ3n) is 2.39. The van der Waals surface area contributed by atoms with E-state index in [2.05, 4.69) is 20.8 Å². The van der Waals surface area contributed by atoms with Crippen LogP contribution in [0.3, 0.4) is 0 Å². The Kier molecular flexibility index (Phi) is 3.90. The molecule has 0 bridgehead atoms. The van der Waals surface area contributed by atoms with Crippen molar-refractivity contribution in [3.8, 4) is 0 Å². The molecule has 0 atom stereocenters. The van der Waals surface area contributed by atoms with Crippen molar-refractivity contribution in [2.75, 3.05) is 18.9 Å². The number of hydrogen-bond donors (Lipinski definition) is 2. The molecule has 0 aliphatic rings. The third-order valence-corrected chi connectivity index (χ3v) is 2.39. The quantitative estimate of drug-likeness (QED) is 0.825. The van der Waals surface area contributed by atoms with Crippen LogP contribution in [-0.4, -0.2) is 29.7 Å². The highest BCUT2D eigenvalue weighted by Crippen LogP contribution is 2.02. The number of rotatable bonds is 5. The molecular formula is C12H14N4O2. The van der Waals surface area contributed by atoms with E-state index in [1.54, 1.807) is 25.4 Å². The Morgan fingerprint density at radius 1 is 1.33 bits per heavy atom. The summed E-state index contributed by atoms with van der Waals surface area (Å²) in [6, 6.07) is 7.02. The minimum absolute atomic E-state index is 0.239. The molecule has 0 saturated heterocycles. The van der Waals surface area contributed by atoms with Crippen LogP contribution in [-0.2, 0) is 6.42 Å². The molecule has 0 aliphatic carbocycles. The van der Waals surface area contributed by atoms with Gasteiger partial charge in [0, 0.05) is 20.0 Å². The van der Waals surface area contributed by atoms with Crippen molar-refractivity contribution in [3.63, 3.8) is 0 Å². The second-order valence-corrected chi connectivity index (χ2v) is 3.64. The fourth-order valence-electron chi connectivity index (χ4n) is 1.43. The maximum Gasteiger partial charge on any atom is 0.271 e. The van der Waals surface area contributed by atoms with Crippen molar-refractivity contribution in [2.24, 2.45) is 0 Å². The third kappa shape index (κ3) is 3.07. The number of anilines is 1. The fourth-order valence-corrected chi connectivity index (χ4v) is 1.43. The molecule has 6 nitrogen and oxygen atoms in total. The smallest absolute Gasteiger partial charge is 0.271 e. The molecule has 1 amide bonds. The van der Waals surface area contributed by atoms with Gasteiger partial charge in [0.05, 0.1) is 6.26 Å². The molecular weight excluding hydrogens is 232 g/mol. The lowest BCUT2D eigenvalue weighted by Gasteiger charge is -2.03. The normalized spacial score (nSPS) is 10.1. The van der Waals surface area contributed by atoms with Gasteiger partial charge >= 0.3 is 0 Å². The lowest BCUT2D eigenvalue weighted by Crippen LogP contribution is -2.26. The largest absolute Gasteiger partial charge is 0.469 e. The summed E-state index contributed by atoms with van der Waals surface area (Å²) >= 11 is 0. The van der Waals surface area contributed by atoms with E-state index in [1.807, 2.05) is 12.1 Å². The van der Waals surface area contributed by atoms with Crippen LogP contribution in [0.5, 0.6) is 0 Å². The van der Waals surface area contributed by atoms with E-state index in [-0.39, 0.29) is 5.91 Å². The minimum atomic E-state index is -0.239. The first kappa shape index (κ1) is 12.1. The number of amides is 1. The maximum absolute atomic E-state index is 11.7. The number of carbonyl (C=O) groups excluding carboxylic acids is 1. The predicted molar refractivity (Wildman–Crippen MR) is 66.3 cm³/mol. The second-order valence-electron chi connectivity index (χ2n) is 3.64. The summed E-state index contributed by atoms with van der Waals surface area (Å²) in [5.74, 6) is 1.23. The SMILES string of the molecule is CNc1ccc(C(=O)NCCc2ccco2)nn1. The summed E-state index contributed by atoms with van der Waals surface area (Å²) in [6.07, 6.45) is 2.26. The molecule has 0 aliphatic heterocycles. The van der Waals surface area contributed by atoms with Gasteiger partial charge in [-0.15, -0.1) is 10.2 Å². The number of furan rings is 1. The Hall–Kier alpha value is -2.37. The molecule has 0 fully saturated rings. The summed E-state index contributed by atoms with van der Waals surface area (Å²) in [5, 5.41) is 13.2. The number of nitrogens with zero attached hydrogens (tertiary/aromatic N) is 2. The summed E-state index contributed by atoms with van der Waals surface area (Å²) in [6.45, 7) is 0.502. The van der Waals surface area contributed by atoms with Crippen LogP contribution in [0.25, 0.3) is 0 Å². The van der Waals surface area contributed by atoms with Gasteiger partial charge in [0.1, 0.15) is 11.6 Å². The first-order chi connectivity index (χ1) is 8.79. The summed E-state index contributed by atoms with van der Waals surface area (Å²) in [5.41, 5.74) is 0.299. The summed E-state index contributed by atoms with van der Waals surface area (Å²) in [7, 11) is 1.74. The highest BCUT2D eigenvalue weighted by Gasteiger charge is 2.07. The number of aromatic nitrogens is 2. The Bertz CT molecular complexity index is 493. The molecule has 94 valence electrons. The van der Waals surface area contributed by atoms with Gasteiger partial charge in [-0.1, -0.05) is 0 Å². The van der Waals surface area contributed by atoms with E-state index in [1.165, 1.54) is 0 Å². The van der Waals surface area contributed by atoms with Gasteiger partial charge in [-0.3, -0.25) is 4.79 Å². The first-order valence-electron chi connectivity index (χ1n) is 5.61. The number of hydrogen-bond acceptors (Lipinski definition) is 5. The molecule has 2 rings (SSSR count). The van der Waals surface area contributed by atoms with Gasteiger partial charge < -0.3 is 15.1 Å². The van der Waals surface area contributed by atoms with Crippen LogP contribution < -0.4 is 10.6 Å². The monoisotopic (exact) mass is 246 g/mol. The van der Waals surface area contributed by atoms with Crippen LogP contribution >= 0.6 is 0 Å². The highest BCUT2D eigenvalue weighted by atomic mass is 16.3. The zero-order valence-corrected chi connectivity index (χ0v) is 10.0. The Balaban J connectivity index is 1.83. The van der Waals surface area contributed by atoms with Gasteiger partial charge in [-0.25, -0.2) is 0 Å². The summed E-state index contributed by atoms with van der Waals surface area (Å²) < 4.78 is 5.16. The molecule has 2 aromatic rings. The van der Waals surface area contributed by atoms with Crippen molar-refractivity contribution in [1.29, 1.82) is 0 Å². The van der Waals surface area contributed by atoms with Crippen LogP contribution in [0.1, 0.15) is 16.2 Å². The second kappa shape index (κ2) is 5.81. The van der Waals surface area contributed by atoms with Gasteiger partial charge in [0.25, 0.3) is 5.91 Å². The van der Waals surface area contributed by atoms with Crippen molar-refractivity contribution in [3.05, 3.63) is 42.0 Å². The minimum Gasteiger partial charge on any atom is -0.469 e. The molecule has 2 aromatic heterocycles. The average Bonchev–Trinajstić information content (AvgIpc) is 2.92. The Labute approximate surface area is 104 Å². The Morgan fingerprint density at radius 2 is 2.22 bits per heavy atom. The molecule has 0 spiro atoms. The van der Waals surface area contributed by atoms with E-state index >= 15 is 0 Å². The van der Waals surface area contributed by atoms with Crippen molar-refractivity contribution >= 4 is 11.7 Å². The van der Waals surface area contributed by atoms with Gasteiger partial charge in [-0.05, 0) is 24.3 Å². The van der Waals surface area contributed by atoms with E-state index in [0.717, 1.165) is 5.76 Å². The van der Waals surface area contributed by atoms with Crippen LogP contribution in [0.4, 0.5) is 5.82 Å². The van der Waals surface area contributed by atoms with Crippen LogP contribution in [0.15, 0.2) is 34.9 Å². The van der Waals surface area contributed by atoms with E-state index in [0.29, 0.717) is 24.5 Å². The summed E-state index contributed by atoms with van der Waals surface area (Å²) in [4.78, 5) is 11.7. The molecule has 0 radical (unpaired) electrons. The average molecular weight is 246 g/mol. The van der Waals surface area contributed by atoms with Gasteiger partial charge in [0.2, 0.25) is 0 Å². The maximum atomic E-state index is 11.7. The van der Waals surface area contributed by atoms with E-state index < -0.39 is 0 Å². The lowest BCUT2D eigenvalue weighted by atomic mass is 10.3. The van der Waals surface area contributed by atoms with E-state index in [4.69, 9.17) is 4.42 Å². The molecule has 6 heteroatoms. The molecule has 0 unspecified atom stereocenters. The van der Waals surface area contributed by atoms with Crippen LogP contribution in [0.2, 0.25) is 0 Å². The molecule has 0 aromatic carbocycles. The standard InChI is InChI=1S/C12H14N4O2/c1-13-11-5-4-10(15-16-11)12(17)14-7-6-9-3-2-8-18-9/h2-5,8H,6-7H2,1H3,(H,13,16)(H,14,17). The highest BCUT2D eigenvalue weighted by molar-refractivity contribution is 5.92. The fraction of sp³-hybridized carbons (Fsp3) is 0.250. The first-order valence-corrected chi connectivity index (χ1v) is 5.61. The van der Waals surface area contributed by atoms with Gasteiger partial charge in [-0.2, -0.15) is 0 Å². The van der Waals surface area contributed by atoms with Crippen molar-refractivity contribution in [1.82, 2.24) is 15.5 Å².